The number of guanidine groups is 1. The first-order valence-electron chi connectivity index (χ1n) is 6.56. The van der Waals surface area contributed by atoms with Crippen LogP contribution in [-0.2, 0) is 0 Å². The van der Waals surface area contributed by atoms with Crippen molar-refractivity contribution in [2.45, 2.75) is 26.0 Å². The van der Waals surface area contributed by atoms with E-state index in [0.29, 0.717) is 19.0 Å². The first-order chi connectivity index (χ1) is 9.11. The molecular formula is C15H21N3O. The van der Waals surface area contributed by atoms with Crippen molar-refractivity contribution in [3.05, 3.63) is 42.5 Å². The lowest BCUT2D eigenvalue weighted by molar-refractivity contribution is 0.242. The zero-order chi connectivity index (χ0) is 13.8. The van der Waals surface area contributed by atoms with E-state index in [-0.39, 0.29) is 12.1 Å². The van der Waals surface area contributed by atoms with Gasteiger partial charge in [-0.15, -0.1) is 6.58 Å². The van der Waals surface area contributed by atoms with E-state index < -0.39 is 0 Å². The van der Waals surface area contributed by atoms with Gasteiger partial charge in [0.05, 0.1) is 18.7 Å². The minimum Gasteiger partial charge on any atom is -0.491 e. The van der Waals surface area contributed by atoms with Crippen LogP contribution in [0.3, 0.4) is 0 Å². The minimum atomic E-state index is 0.188. The second kappa shape index (κ2) is 5.78. The smallest absolute Gasteiger partial charge is 0.192 e. The first-order valence-corrected chi connectivity index (χ1v) is 6.56. The van der Waals surface area contributed by atoms with E-state index >= 15 is 0 Å². The maximum atomic E-state index is 5.89. The van der Waals surface area contributed by atoms with E-state index in [0.717, 1.165) is 5.75 Å². The Bertz CT molecular complexity index is 465. The van der Waals surface area contributed by atoms with Crippen molar-refractivity contribution < 1.29 is 4.74 Å². The molecule has 0 aromatic heterocycles. The van der Waals surface area contributed by atoms with Gasteiger partial charge in [-0.2, -0.15) is 0 Å². The van der Waals surface area contributed by atoms with Crippen LogP contribution in [0.5, 0.6) is 5.75 Å². The molecule has 1 aliphatic heterocycles. The SMILES string of the molecule is C=CCN1C(N)=NCC1c1ccc(OC(C)C)cc1. The lowest BCUT2D eigenvalue weighted by Gasteiger charge is -2.25. The molecule has 1 aromatic carbocycles. The molecule has 1 heterocycles. The van der Waals surface area contributed by atoms with Crippen molar-refractivity contribution in [2.75, 3.05) is 13.1 Å². The predicted molar refractivity (Wildman–Crippen MR) is 78.3 cm³/mol. The summed E-state index contributed by atoms with van der Waals surface area (Å²) in [6.45, 7) is 9.21. The fourth-order valence-corrected chi connectivity index (χ4v) is 2.21. The molecule has 4 heteroatoms. The molecule has 2 N–H and O–H groups in total. The zero-order valence-electron chi connectivity index (χ0n) is 11.5. The van der Waals surface area contributed by atoms with Crippen molar-refractivity contribution >= 4 is 5.96 Å². The molecule has 0 saturated carbocycles. The van der Waals surface area contributed by atoms with Crippen molar-refractivity contribution in [3.8, 4) is 5.75 Å². The lowest BCUT2D eigenvalue weighted by atomic mass is 10.1. The highest BCUT2D eigenvalue weighted by Crippen LogP contribution is 2.27. The largest absolute Gasteiger partial charge is 0.491 e. The van der Waals surface area contributed by atoms with E-state index in [1.165, 1.54) is 5.56 Å². The molecule has 1 unspecified atom stereocenters. The quantitative estimate of drug-likeness (QED) is 0.826. The Balaban J connectivity index is 2.11. The van der Waals surface area contributed by atoms with Gasteiger partial charge in [0.15, 0.2) is 5.96 Å². The zero-order valence-corrected chi connectivity index (χ0v) is 11.5. The van der Waals surface area contributed by atoms with Crippen LogP contribution in [-0.4, -0.2) is 30.1 Å². The number of nitrogens with zero attached hydrogens (tertiary/aromatic N) is 2. The third kappa shape index (κ3) is 3.08. The number of aliphatic imine (C=N–C) groups is 1. The van der Waals surface area contributed by atoms with Crippen LogP contribution in [0.4, 0.5) is 0 Å². The summed E-state index contributed by atoms with van der Waals surface area (Å²) in [6.07, 6.45) is 2.03. The Morgan fingerprint density at radius 1 is 1.47 bits per heavy atom. The summed E-state index contributed by atoms with van der Waals surface area (Å²) in [5.74, 6) is 1.48. The predicted octanol–water partition coefficient (Wildman–Crippen LogP) is 2.33. The van der Waals surface area contributed by atoms with E-state index in [1.54, 1.807) is 0 Å². The maximum Gasteiger partial charge on any atom is 0.192 e. The molecule has 1 aliphatic rings. The molecule has 0 amide bonds. The van der Waals surface area contributed by atoms with Crippen molar-refractivity contribution in [1.82, 2.24) is 4.90 Å². The molecule has 0 bridgehead atoms. The molecular weight excluding hydrogens is 238 g/mol. The highest BCUT2D eigenvalue weighted by Gasteiger charge is 2.26. The Kier molecular flexibility index (Phi) is 4.10. The van der Waals surface area contributed by atoms with Gasteiger partial charge in [-0.05, 0) is 31.5 Å². The average Bonchev–Trinajstić information content (AvgIpc) is 2.72. The van der Waals surface area contributed by atoms with E-state index in [4.69, 9.17) is 10.5 Å². The van der Waals surface area contributed by atoms with E-state index in [2.05, 4.69) is 28.6 Å². The molecule has 2 rings (SSSR count). The van der Waals surface area contributed by atoms with Crippen molar-refractivity contribution in [3.63, 3.8) is 0 Å². The van der Waals surface area contributed by atoms with Crippen LogP contribution in [0.1, 0.15) is 25.5 Å². The van der Waals surface area contributed by atoms with Gasteiger partial charge in [0.1, 0.15) is 5.75 Å². The fraction of sp³-hybridized carbons (Fsp3) is 0.400. The highest BCUT2D eigenvalue weighted by atomic mass is 16.5. The average molecular weight is 259 g/mol. The van der Waals surface area contributed by atoms with Gasteiger partial charge in [0, 0.05) is 6.54 Å². The Morgan fingerprint density at radius 2 is 2.16 bits per heavy atom. The molecule has 0 aliphatic carbocycles. The monoisotopic (exact) mass is 259 g/mol. The summed E-state index contributed by atoms with van der Waals surface area (Å²) >= 11 is 0. The van der Waals surface area contributed by atoms with Gasteiger partial charge in [-0.25, -0.2) is 0 Å². The summed E-state index contributed by atoms with van der Waals surface area (Å²) in [5, 5.41) is 0. The molecule has 0 saturated heterocycles. The number of rotatable bonds is 5. The standard InChI is InChI=1S/C15H21N3O/c1-4-9-18-14(10-17-15(18)16)12-5-7-13(8-6-12)19-11(2)3/h4-8,11,14H,1,9-10H2,2-3H3,(H2,16,17). The molecule has 0 spiro atoms. The normalized spacial score (nSPS) is 18.6. The van der Waals surface area contributed by atoms with Crippen LogP contribution in [0.2, 0.25) is 0 Å². The number of benzene rings is 1. The van der Waals surface area contributed by atoms with Crippen LogP contribution < -0.4 is 10.5 Å². The molecule has 19 heavy (non-hydrogen) atoms. The van der Waals surface area contributed by atoms with Crippen LogP contribution in [0.25, 0.3) is 0 Å². The van der Waals surface area contributed by atoms with Gasteiger partial charge in [0.2, 0.25) is 0 Å². The maximum absolute atomic E-state index is 5.89. The van der Waals surface area contributed by atoms with E-state index in [1.807, 2.05) is 32.1 Å². The Labute approximate surface area is 114 Å². The number of nitrogens with two attached hydrogens (primary N) is 1. The van der Waals surface area contributed by atoms with Gasteiger partial charge < -0.3 is 15.4 Å². The van der Waals surface area contributed by atoms with Gasteiger partial charge in [0.25, 0.3) is 0 Å². The molecule has 0 radical (unpaired) electrons. The lowest BCUT2D eigenvalue weighted by Crippen LogP contribution is -2.36. The third-order valence-corrected chi connectivity index (χ3v) is 3.06. The van der Waals surface area contributed by atoms with Crippen LogP contribution in [0.15, 0.2) is 41.9 Å². The summed E-state index contributed by atoms with van der Waals surface area (Å²) in [5.41, 5.74) is 7.09. The van der Waals surface area contributed by atoms with Crippen molar-refractivity contribution in [1.29, 1.82) is 0 Å². The summed E-state index contributed by atoms with van der Waals surface area (Å²) in [7, 11) is 0. The summed E-state index contributed by atoms with van der Waals surface area (Å²) in [4.78, 5) is 6.37. The van der Waals surface area contributed by atoms with Gasteiger partial charge in [-0.3, -0.25) is 4.99 Å². The van der Waals surface area contributed by atoms with Crippen molar-refractivity contribution in [2.24, 2.45) is 10.7 Å². The fourth-order valence-electron chi connectivity index (χ4n) is 2.21. The molecule has 0 fully saturated rings. The summed E-state index contributed by atoms with van der Waals surface area (Å²) < 4.78 is 5.64. The molecule has 1 aromatic rings. The number of hydrogen-bond acceptors (Lipinski definition) is 4. The first kappa shape index (κ1) is 13.5. The second-order valence-electron chi connectivity index (χ2n) is 4.89. The number of hydrogen-bond donors (Lipinski definition) is 1. The molecule has 1 atom stereocenters. The van der Waals surface area contributed by atoms with E-state index in [9.17, 15) is 0 Å². The van der Waals surface area contributed by atoms with Crippen LogP contribution >= 0.6 is 0 Å². The topological polar surface area (TPSA) is 50.8 Å². The van der Waals surface area contributed by atoms with Gasteiger partial charge in [-0.1, -0.05) is 18.2 Å². The molecule has 102 valence electrons. The number of ether oxygens (including phenoxy) is 1. The second-order valence-corrected chi connectivity index (χ2v) is 4.89. The third-order valence-electron chi connectivity index (χ3n) is 3.06. The minimum absolute atomic E-state index is 0.188. The van der Waals surface area contributed by atoms with Crippen LogP contribution in [0, 0.1) is 0 Å². The molecule has 4 nitrogen and oxygen atoms in total. The summed E-state index contributed by atoms with van der Waals surface area (Å²) in [6, 6.07) is 8.34. The van der Waals surface area contributed by atoms with Gasteiger partial charge >= 0.3 is 0 Å². The highest BCUT2D eigenvalue weighted by molar-refractivity contribution is 5.80. The Morgan fingerprint density at radius 3 is 2.74 bits per heavy atom. The Hall–Kier alpha value is -1.97.